The minimum atomic E-state index is -0.286. The Balaban J connectivity index is 1.22. The summed E-state index contributed by atoms with van der Waals surface area (Å²) >= 11 is 0. The highest BCUT2D eigenvalue weighted by Crippen LogP contribution is 2.24. The third-order valence-corrected chi connectivity index (χ3v) is 5.95. The van der Waals surface area contributed by atoms with Crippen LogP contribution in [-0.4, -0.2) is 59.4 Å². The summed E-state index contributed by atoms with van der Waals surface area (Å²) in [5.74, 6) is 0.213. The highest BCUT2D eigenvalue weighted by molar-refractivity contribution is 6.21. The highest BCUT2D eigenvalue weighted by Gasteiger charge is 2.35. The summed E-state index contributed by atoms with van der Waals surface area (Å²) in [7, 11) is 0. The second-order valence-corrected chi connectivity index (χ2v) is 8.88. The minimum absolute atomic E-state index is 0.123. The molecule has 2 unspecified atom stereocenters. The number of amides is 3. The molecule has 1 saturated heterocycles. The maximum Gasteiger partial charge on any atom is 0.261 e. The lowest BCUT2D eigenvalue weighted by Crippen LogP contribution is -2.45. The fourth-order valence-electron chi connectivity index (χ4n) is 4.37. The topological polar surface area (TPSA) is 91.8 Å². The number of ether oxygens (including phenoxy) is 1. The van der Waals surface area contributed by atoms with Crippen molar-refractivity contribution in [2.75, 3.05) is 24.5 Å². The number of fused-ring (bicyclic) bond motifs is 1. The van der Waals surface area contributed by atoms with Crippen LogP contribution in [0.15, 0.2) is 36.5 Å². The smallest absolute Gasteiger partial charge is 0.261 e. The Kier molecular flexibility index (Phi) is 6.74. The van der Waals surface area contributed by atoms with Crippen LogP contribution in [0.25, 0.3) is 0 Å². The van der Waals surface area contributed by atoms with Crippen LogP contribution in [0.4, 0.5) is 5.82 Å². The van der Waals surface area contributed by atoms with E-state index in [2.05, 4.69) is 29.0 Å². The summed E-state index contributed by atoms with van der Waals surface area (Å²) in [6.07, 6.45) is 2.77. The first-order chi connectivity index (χ1) is 15.8. The van der Waals surface area contributed by atoms with E-state index in [0.29, 0.717) is 24.1 Å². The van der Waals surface area contributed by atoms with Gasteiger partial charge in [-0.1, -0.05) is 17.7 Å². The van der Waals surface area contributed by atoms with Gasteiger partial charge in [0.1, 0.15) is 5.82 Å². The van der Waals surface area contributed by atoms with E-state index in [1.165, 1.54) is 4.90 Å². The van der Waals surface area contributed by atoms with Crippen molar-refractivity contribution >= 4 is 23.5 Å². The zero-order chi connectivity index (χ0) is 23.5. The summed E-state index contributed by atoms with van der Waals surface area (Å²) in [5, 5.41) is 2.88. The van der Waals surface area contributed by atoms with Gasteiger partial charge in [-0.25, -0.2) is 4.98 Å². The Hall–Kier alpha value is -3.26. The maximum atomic E-state index is 12.5. The van der Waals surface area contributed by atoms with Gasteiger partial charge in [-0.15, -0.1) is 0 Å². The largest absolute Gasteiger partial charge is 0.372 e. The van der Waals surface area contributed by atoms with Gasteiger partial charge in [0.15, 0.2) is 0 Å². The molecule has 1 aromatic carbocycles. The lowest BCUT2D eigenvalue weighted by atomic mass is 10.1. The molecule has 174 valence electrons. The molecule has 0 aliphatic carbocycles. The molecule has 4 rings (SSSR count). The molecule has 8 heteroatoms. The molecule has 3 amide bonds. The normalized spacial score (nSPS) is 20.2. The first kappa shape index (κ1) is 22.9. The molecule has 3 heterocycles. The van der Waals surface area contributed by atoms with Gasteiger partial charge in [-0.05, 0) is 51.0 Å². The van der Waals surface area contributed by atoms with E-state index in [4.69, 9.17) is 4.74 Å². The monoisotopic (exact) mass is 450 g/mol. The third-order valence-electron chi connectivity index (χ3n) is 5.95. The number of anilines is 1. The van der Waals surface area contributed by atoms with E-state index < -0.39 is 0 Å². The highest BCUT2D eigenvalue weighted by atomic mass is 16.5. The fourth-order valence-corrected chi connectivity index (χ4v) is 4.37. The summed E-state index contributed by atoms with van der Waals surface area (Å²) in [6, 6.07) is 9.19. The number of pyridine rings is 1. The fraction of sp³-hybridized carbons (Fsp3) is 0.440. The lowest BCUT2D eigenvalue weighted by molar-refractivity contribution is -0.121. The molecule has 0 bridgehead atoms. The van der Waals surface area contributed by atoms with E-state index in [0.717, 1.165) is 30.0 Å². The predicted octanol–water partition coefficient (Wildman–Crippen LogP) is 2.70. The number of nitrogens with one attached hydrogen (secondary N) is 1. The molecule has 2 aliphatic heterocycles. The molecule has 33 heavy (non-hydrogen) atoms. The molecule has 2 aliphatic rings. The number of benzene rings is 1. The quantitative estimate of drug-likeness (QED) is 0.652. The van der Waals surface area contributed by atoms with Crippen molar-refractivity contribution in [2.24, 2.45) is 0 Å². The number of aromatic nitrogens is 1. The summed E-state index contributed by atoms with van der Waals surface area (Å²) in [6.45, 7) is 8.22. The molecule has 2 atom stereocenters. The molecule has 2 aromatic rings. The molecule has 0 radical (unpaired) electrons. The van der Waals surface area contributed by atoms with Gasteiger partial charge in [-0.3, -0.25) is 19.3 Å². The van der Waals surface area contributed by atoms with Gasteiger partial charge in [0, 0.05) is 38.8 Å². The van der Waals surface area contributed by atoms with Crippen LogP contribution in [0.2, 0.25) is 0 Å². The first-order valence-electron chi connectivity index (χ1n) is 11.4. The van der Waals surface area contributed by atoms with Gasteiger partial charge in [0.2, 0.25) is 5.91 Å². The summed E-state index contributed by atoms with van der Waals surface area (Å²) in [4.78, 5) is 45.2. The van der Waals surface area contributed by atoms with Gasteiger partial charge in [0.05, 0.1) is 23.3 Å². The van der Waals surface area contributed by atoms with E-state index >= 15 is 0 Å². The van der Waals surface area contributed by atoms with Crippen molar-refractivity contribution < 1.29 is 19.1 Å². The van der Waals surface area contributed by atoms with Crippen molar-refractivity contribution in [2.45, 2.75) is 52.4 Å². The Morgan fingerprint density at radius 1 is 1.09 bits per heavy atom. The van der Waals surface area contributed by atoms with Crippen LogP contribution in [0.3, 0.4) is 0 Å². The van der Waals surface area contributed by atoms with Crippen LogP contribution in [0, 0.1) is 6.92 Å². The number of rotatable bonds is 7. The molecule has 0 spiro atoms. The number of hydrogen-bond acceptors (Lipinski definition) is 6. The Labute approximate surface area is 193 Å². The van der Waals surface area contributed by atoms with Crippen molar-refractivity contribution in [1.82, 2.24) is 15.2 Å². The van der Waals surface area contributed by atoms with Crippen LogP contribution in [-0.2, 0) is 16.1 Å². The number of aryl methyl sites for hydroxylation is 1. The third kappa shape index (κ3) is 5.22. The molecular formula is C25H30N4O4. The van der Waals surface area contributed by atoms with E-state index in [9.17, 15) is 14.4 Å². The van der Waals surface area contributed by atoms with Gasteiger partial charge in [0.25, 0.3) is 11.8 Å². The number of imide groups is 1. The molecular weight excluding hydrogens is 420 g/mol. The van der Waals surface area contributed by atoms with Crippen molar-refractivity contribution in [3.8, 4) is 0 Å². The lowest BCUT2D eigenvalue weighted by Gasteiger charge is -2.36. The molecule has 8 nitrogen and oxygen atoms in total. The number of hydrogen-bond donors (Lipinski definition) is 1. The van der Waals surface area contributed by atoms with Crippen LogP contribution >= 0.6 is 0 Å². The summed E-state index contributed by atoms with van der Waals surface area (Å²) in [5.41, 5.74) is 2.73. The number of nitrogens with zero attached hydrogens (tertiary/aromatic N) is 3. The van der Waals surface area contributed by atoms with Gasteiger partial charge >= 0.3 is 0 Å². The van der Waals surface area contributed by atoms with Gasteiger partial charge < -0.3 is 15.0 Å². The maximum absolute atomic E-state index is 12.5. The van der Waals surface area contributed by atoms with E-state index in [1.54, 1.807) is 18.3 Å². The second-order valence-electron chi connectivity index (χ2n) is 8.88. The van der Waals surface area contributed by atoms with Crippen molar-refractivity contribution in [1.29, 1.82) is 0 Å². The van der Waals surface area contributed by atoms with E-state index in [1.807, 2.05) is 25.1 Å². The first-order valence-corrected chi connectivity index (χ1v) is 11.4. The molecule has 0 saturated carbocycles. The predicted molar refractivity (Wildman–Crippen MR) is 124 cm³/mol. The van der Waals surface area contributed by atoms with E-state index in [-0.39, 0.29) is 42.9 Å². The standard InChI is InChI=1S/C25H30N4O4/c1-16-6-8-20-21(11-16)25(32)29(24(20)31)10-4-5-23(30)27-13-19-7-9-22(26-12-19)28-14-17(2)33-18(3)15-28/h6-9,11-12,17-18H,4-5,10,13-15H2,1-3H3,(H,27,30). The summed E-state index contributed by atoms with van der Waals surface area (Å²) < 4.78 is 5.77. The Bertz CT molecular complexity index is 1040. The number of morpholine rings is 1. The molecule has 1 N–H and O–H groups in total. The van der Waals surface area contributed by atoms with Crippen LogP contribution in [0.1, 0.15) is 58.5 Å². The SMILES string of the molecule is Cc1ccc2c(c1)C(=O)N(CCCC(=O)NCc1ccc(N3CC(C)OC(C)C3)nc1)C2=O. The zero-order valence-corrected chi connectivity index (χ0v) is 19.3. The van der Waals surface area contributed by atoms with Crippen LogP contribution < -0.4 is 10.2 Å². The minimum Gasteiger partial charge on any atom is -0.372 e. The molecule has 1 aromatic heterocycles. The van der Waals surface area contributed by atoms with Crippen molar-refractivity contribution in [3.63, 3.8) is 0 Å². The number of carbonyl (C=O) groups is 3. The zero-order valence-electron chi connectivity index (χ0n) is 19.3. The second kappa shape index (κ2) is 9.70. The van der Waals surface area contributed by atoms with Gasteiger partial charge in [-0.2, -0.15) is 0 Å². The molecule has 1 fully saturated rings. The Morgan fingerprint density at radius 2 is 1.82 bits per heavy atom. The van der Waals surface area contributed by atoms with Crippen LogP contribution in [0.5, 0.6) is 0 Å². The number of carbonyl (C=O) groups excluding carboxylic acids is 3. The Morgan fingerprint density at radius 3 is 2.52 bits per heavy atom. The van der Waals surface area contributed by atoms with Crippen molar-refractivity contribution in [3.05, 3.63) is 58.8 Å². The average Bonchev–Trinajstić information content (AvgIpc) is 3.01. The average molecular weight is 451 g/mol.